The lowest BCUT2D eigenvalue weighted by Crippen LogP contribution is -2.46. The zero-order valence-corrected chi connectivity index (χ0v) is 13.5. The van der Waals surface area contributed by atoms with Gasteiger partial charge in [0.05, 0.1) is 5.41 Å². The number of alkyl halides is 2. The first-order valence-corrected chi connectivity index (χ1v) is 7.58. The Bertz CT molecular complexity index is 482. The Hall–Kier alpha value is -0.890. The highest BCUT2D eigenvalue weighted by Crippen LogP contribution is 2.31. The van der Waals surface area contributed by atoms with Crippen LogP contribution in [0.25, 0.3) is 0 Å². The van der Waals surface area contributed by atoms with Crippen molar-refractivity contribution in [2.75, 3.05) is 25.1 Å². The van der Waals surface area contributed by atoms with Gasteiger partial charge in [0.15, 0.2) is 0 Å². The van der Waals surface area contributed by atoms with E-state index in [0.29, 0.717) is 48.4 Å². The quantitative estimate of drug-likeness (QED) is 0.799. The number of benzene rings is 1. The van der Waals surface area contributed by atoms with Gasteiger partial charge in [0, 0.05) is 30.3 Å². The lowest BCUT2D eigenvalue weighted by Gasteiger charge is -2.34. The minimum atomic E-state index is -2.45. The molecule has 1 aromatic rings. The lowest BCUT2D eigenvalue weighted by atomic mass is 9.79. The number of halogens is 3. The van der Waals surface area contributed by atoms with Crippen LogP contribution >= 0.6 is 24.2 Å². The van der Waals surface area contributed by atoms with Crippen molar-refractivity contribution >= 4 is 35.8 Å². The van der Waals surface area contributed by atoms with Crippen LogP contribution in [0.5, 0.6) is 0 Å². The third kappa shape index (κ3) is 4.81. The van der Waals surface area contributed by atoms with E-state index in [9.17, 15) is 13.6 Å². The van der Waals surface area contributed by atoms with Gasteiger partial charge >= 0.3 is 0 Å². The minimum absolute atomic E-state index is 0. The first kappa shape index (κ1) is 19.2. The number of amides is 1. The molecule has 3 N–H and O–H groups in total. The minimum Gasteiger partial charge on any atom is -0.381 e. The summed E-state index contributed by atoms with van der Waals surface area (Å²) in [4.78, 5) is 12.9. The van der Waals surface area contributed by atoms with Gasteiger partial charge < -0.3 is 15.8 Å². The van der Waals surface area contributed by atoms with Crippen LogP contribution in [0.2, 0.25) is 0 Å². The second kappa shape index (κ2) is 8.67. The predicted molar refractivity (Wildman–Crippen MR) is 85.7 cm³/mol. The van der Waals surface area contributed by atoms with Gasteiger partial charge in [-0.3, -0.25) is 4.79 Å². The largest absolute Gasteiger partial charge is 0.381 e. The number of carbonyl (C=O) groups is 1. The topological polar surface area (TPSA) is 64.4 Å². The van der Waals surface area contributed by atoms with Gasteiger partial charge in [-0.1, -0.05) is 11.8 Å². The number of nitrogens with two attached hydrogens (primary N) is 1. The van der Waals surface area contributed by atoms with Gasteiger partial charge in [-0.25, -0.2) is 0 Å². The molecule has 0 aromatic heterocycles. The molecule has 22 heavy (non-hydrogen) atoms. The summed E-state index contributed by atoms with van der Waals surface area (Å²) < 4.78 is 29.7. The van der Waals surface area contributed by atoms with Crippen LogP contribution in [0, 0.1) is 5.41 Å². The van der Waals surface area contributed by atoms with Crippen LogP contribution in [0.15, 0.2) is 29.2 Å². The Kier molecular flexibility index (Phi) is 7.55. The van der Waals surface area contributed by atoms with E-state index in [2.05, 4.69) is 5.32 Å². The second-order valence-electron chi connectivity index (χ2n) is 4.95. The molecule has 0 atom stereocenters. The average molecular weight is 353 g/mol. The molecule has 1 aliphatic rings. The maximum Gasteiger partial charge on any atom is 0.288 e. The standard InChI is InChI=1S/C14H18F2N2O2S.ClH/c15-13(16)21-11-3-1-10(2-4-11)18-12(19)14(9-17)5-7-20-8-6-14;/h1-4,13H,5-9,17H2,(H,18,19);1H. The number of rotatable bonds is 5. The fourth-order valence-electron chi connectivity index (χ4n) is 2.27. The van der Waals surface area contributed by atoms with E-state index in [-0.39, 0.29) is 24.9 Å². The highest BCUT2D eigenvalue weighted by molar-refractivity contribution is 7.99. The molecular formula is C14H19ClF2N2O2S. The summed E-state index contributed by atoms with van der Waals surface area (Å²) in [6, 6.07) is 6.36. The van der Waals surface area contributed by atoms with E-state index < -0.39 is 11.2 Å². The number of ether oxygens (including phenoxy) is 1. The predicted octanol–water partition coefficient (Wildman–Crippen LogP) is 3.12. The molecule has 1 aliphatic heterocycles. The molecule has 1 aromatic carbocycles. The highest BCUT2D eigenvalue weighted by Gasteiger charge is 2.38. The lowest BCUT2D eigenvalue weighted by molar-refractivity contribution is -0.130. The second-order valence-corrected chi connectivity index (χ2v) is 6.02. The molecule has 2 rings (SSSR count). The van der Waals surface area contributed by atoms with Crippen LogP contribution in [0.1, 0.15) is 12.8 Å². The smallest absolute Gasteiger partial charge is 0.288 e. The van der Waals surface area contributed by atoms with Crippen molar-refractivity contribution in [2.45, 2.75) is 23.5 Å². The van der Waals surface area contributed by atoms with Gasteiger partial charge in [0.1, 0.15) is 0 Å². The van der Waals surface area contributed by atoms with Gasteiger partial charge in [-0.05, 0) is 37.1 Å². The van der Waals surface area contributed by atoms with E-state index in [1.807, 2.05) is 0 Å². The molecule has 1 saturated heterocycles. The summed E-state index contributed by atoms with van der Waals surface area (Å²) >= 11 is 0.475. The van der Waals surface area contributed by atoms with E-state index in [4.69, 9.17) is 10.5 Å². The van der Waals surface area contributed by atoms with Crippen LogP contribution in [-0.4, -0.2) is 31.4 Å². The van der Waals surface area contributed by atoms with Gasteiger partial charge in [0.25, 0.3) is 5.76 Å². The van der Waals surface area contributed by atoms with E-state index in [0.717, 1.165) is 0 Å². The van der Waals surface area contributed by atoms with E-state index in [1.165, 1.54) is 0 Å². The Balaban J connectivity index is 0.00000242. The zero-order chi connectivity index (χ0) is 15.3. The fourth-order valence-corrected chi connectivity index (χ4v) is 2.77. The summed E-state index contributed by atoms with van der Waals surface area (Å²) in [5.74, 6) is -2.59. The fraction of sp³-hybridized carbons (Fsp3) is 0.500. The molecule has 1 heterocycles. The van der Waals surface area contributed by atoms with Crippen molar-refractivity contribution in [1.29, 1.82) is 0 Å². The normalized spacial score (nSPS) is 16.9. The van der Waals surface area contributed by atoms with E-state index in [1.54, 1.807) is 24.3 Å². The summed E-state index contributed by atoms with van der Waals surface area (Å²) in [5.41, 5.74) is 5.75. The van der Waals surface area contributed by atoms with Crippen molar-refractivity contribution in [3.63, 3.8) is 0 Å². The molecule has 0 spiro atoms. The Morgan fingerprint density at radius 1 is 1.32 bits per heavy atom. The third-order valence-electron chi connectivity index (χ3n) is 3.66. The number of nitrogens with one attached hydrogen (secondary N) is 1. The van der Waals surface area contributed by atoms with Crippen molar-refractivity contribution < 1.29 is 18.3 Å². The average Bonchev–Trinajstić information content (AvgIpc) is 2.49. The molecule has 0 saturated carbocycles. The summed E-state index contributed by atoms with van der Waals surface area (Å²) in [6.07, 6.45) is 1.18. The monoisotopic (exact) mass is 352 g/mol. The summed E-state index contributed by atoms with van der Waals surface area (Å²) in [6.45, 7) is 1.31. The maximum absolute atomic E-state index is 12.4. The van der Waals surface area contributed by atoms with Crippen molar-refractivity contribution in [3.05, 3.63) is 24.3 Å². The SMILES string of the molecule is Cl.NCC1(C(=O)Nc2ccc(SC(F)F)cc2)CCOCC1. The number of carbonyl (C=O) groups excluding carboxylic acids is 1. The zero-order valence-electron chi connectivity index (χ0n) is 11.9. The first-order chi connectivity index (χ1) is 10.1. The number of hydrogen-bond donors (Lipinski definition) is 2. The maximum atomic E-state index is 12.4. The van der Waals surface area contributed by atoms with E-state index >= 15 is 0 Å². The van der Waals surface area contributed by atoms with Crippen LogP contribution in [0.3, 0.4) is 0 Å². The van der Waals surface area contributed by atoms with Gasteiger partial charge in [0.2, 0.25) is 5.91 Å². The Morgan fingerprint density at radius 3 is 2.41 bits per heavy atom. The van der Waals surface area contributed by atoms with Crippen molar-refractivity contribution in [1.82, 2.24) is 0 Å². The molecule has 0 radical (unpaired) electrons. The molecule has 0 aliphatic carbocycles. The van der Waals surface area contributed by atoms with Crippen molar-refractivity contribution in [3.8, 4) is 0 Å². The number of anilines is 1. The molecular weight excluding hydrogens is 334 g/mol. The van der Waals surface area contributed by atoms with Gasteiger partial charge in [-0.15, -0.1) is 12.4 Å². The van der Waals surface area contributed by atoms with Crippen molar-refractivity contribution in [2.24, 2.45) is 11.1 Å². The molecule has 0 bridgehead atoms. The van der Waals surface area contributed by atoms with Crippen LogP contribution < -0.4 is 11.1 Å². The van der Waals surface area contributed by atoms with Crippen LogP contribution in [-0.2, 0) is 9.53 Å². The Labute approximate surface area is 138 Å². The summed E-state index contributed by atoms with van der Waals surface area (Å²) in [5, 5.41) is 2.81. The first-order valence-electron chi connectivity index (χ1n) is 6.70. The summed E-state index contributed by atoms with van der Waals surface area (Å²) in [7, 11) is 0. The molecule has 1 amide bonds. The Morgan fingerprint density at radius 2 is 1.91 bits per heavy atom. The molecule has 124 valence electrons. The molecule has 4 nitrogen and oxygen atoms in total. The molecule has 0 unspecified atom stereocenters. The molecule has 1 fully saturated rings. The van der Waals surface area contributed by atoms with Crippen LogP contribution in [0.4, 0.5) is 14.5 Å². The third-order valence-corrected chi connectivity index (χ3v) is 4.38. The number of thioether (sulfide) groups is 1. The number of hydrogen-bond acceptors (Lipinski definition) is 4. The molecule has 8 heteroatoms. The highest BCUT2D eigenvalue weighted by atomic mass is 35.5. The van der Waals surface area contributed by atoms with Gasteiger partial charge in [-0.2, -0.15) is 8.78 Å².